The van der Waals surface area contributed by atoms with Crippen molar-refractivity contribution in [1.29, 1.82) is 0 Å². The van der Waals surface area contributed by atoms with Gasteiger partial charge in [-0.2, -0.15) is 0 Å². The number of allylic oxidation sites excluding steroid dienone is 3. The van der Waals surface area contributed by atoms with Crippen LogP contribution in [0.5, 0.6) is 0 Å². The molecule has 0 bridgehead atoms. The lowest BCUT2D eigenvalue weighted by Crippen LogP contribution is -2.28. The molecular weight excluding hydrogens is 490 g/mol. The van der Waals surface area contributed by atoms with Gasteiger partial charge in [-0.1, -0.05) is 116 Å². The molecule has 2 N–H and O–H groups in total. The summed E-state index contributed by atoms with van der Waals surface area (Å²) in [4.78, 5) is 34.6. The maximum atomic E-state index is 12.5. The van der Waals surface area contributed by atoms with Crippen LogP contribution in [0.4, 0.5) is 0 Å². The van der Waals surface area contributed by atoms with E-state index in [1.807, 2.05) is 6.08 Å². The van der Waals surface area contributed by atoms with E-state index in [4.69, 9.17) is 9.84 Å². The average Bonchev–Trinajstić information content (AvgIpc) is 2.91. The standard InChI is InChI=1S/C33H59NO5/c1-3-5-7-9-11-13-15-17-21-25-30(26-22-19-20-23-27-31(35)34-29-32(36)37)39-33(38)28-24-18-16-14-12-10-8-6-4-2/h13,15,21,25,30H,3-12,14,16-20,22-24,26-29H2,1-2H3,(H,34,35)(H,36,37)/b15-13-,25-21-. The van der Waals surface area contributed by atoms with Crippen molar-refractivity contribution in [3.63, 3.8) is 0 Å². The van der Waals surface area contributed by atoms with E-state index in [-0.39, 0.29) is 24.5 Å². The van der Waals surface area contributed by atoms with Crippen LogP contribution < -0.4 is 5.32 Å². The quantitative estimate of drug-likeness (QED) is 0.0578. The second-order valence-corrected chi connectivity index (χ2v) is 10.7. The Morgan fingerprint density at radius 2 is 1.26 bits per heavy atom. The summed E-state index contributed by atoms with van der Waals surface area (Å²) in [5.74, 6) is -1.35. The number of carboxylic acid groups (broad SMARTS) is 1. The van der Waals surface area contributed by atoms with Gasteiger partial charge in [-0.25, -0.2) is 0 Å². The number of carbonyl (C=O) groups excluding carboxylic acids is 2. The van der Waals surface area contributed by atoms with Crippen molar-refractivity contribution in [3.05, 3.63) is 24.3 Å². The summed E-state index contributed by atoms with van der Waals surface area (Å²) in [7, 11) is 0. The molecule has 1 atom stereocenters. The molecular formula is C33H59NO5. The van der Waals surface area contributed by atoms with Gasteiger partial charge in [0.05, 0.1) is 0 Å². The van der Waals surface area contributed by atoms with Gasteiger partial charge in [0.15, 0.2) is 0 Å². The summed E-state index contributed by atoms with van der Waals surface area (Å²) >= 11 is 0. The van der Waals surface area contributed by atoms with Crippen LogP contribution in [0.1, 0.15) is 155 Å². The number of unbranched alkanes of at least 4 members (excludes halogenated alkanes) is 15. The van der Waals surface area contributed by atoms with Crippen LogP contribution in [-0.4, -0.2) is 35.6 Å². The van der Waals surface area contributed by atoms with E-state index >= 15 is 0 Å². The van der Waals surface area contributed by atoms with Crippen LogP contribution in [0.3, 0.4) is 0 Å². The molecule has 0 saturated heterocycles. The van der Waals surface area contributed by atoms with Crippen LogP contribution in [0.25, 0.3) is 0 Å². The van der Waals surface area contributed by atoms with Crippen LogP contribution >= 0.6 is 0 Å². The van der Waals surface area contributed by atoms with E-state index in [1.165, 1.54) is 70.6 Å². The van der Waals surface area contributed by atoms with Crippen LogP contribution in [0.2, 0.25) is 0 Å². The molecule has 0 aromatic rings. The van der Waals surface area contributed by atoms with E-state index < -0.39 is 5.97 Å². The van der Waals surface area contributed by atoms with Gasteiger partial charge < -0.3 is 15.2 Å². The third-order valence-corrected chi connectivity index (χ3v) is 6.86. The molecule has 0 aliphatic carbocycles. The van der Waals surface area contributed by atoms with Crippen molar-refractivity contribution >= 4 is 17.8 Å². The second kappa shape index (κ2) is 28.9. The van der Waals surface area contributed by atoms with E-state index in [9.17, 15) is 14.4 Å². The van der Waals surface area contributed by atoms with Crippen molar-refractivity contribution < 1.29 is 24.2 Å². The third kappa shape index (κ3) is 28.7. The lowest BCUT2D eigenvalue weighted by Gasteiger charge is -2.14. The Labute approximate surface area is 239 Å². The van der Waals surface area contributed by atoms with Crippen molar-refractivity contribution in [2.24, 2.45) is 0 Å². The maximum absolute atomic E-state index is 12.5. The molecule has 0 aromatic heterocycles. The summed E-state index contributed by atoms with van der Waals surface area (Å²) < 4.78 is 5.82. The Bertz CT molecular complexity index is 658. The number of hydrogen-bond acceptors (Lipinski definition) is 4. The Balaban J connectivity index is 4.31. The summed E-state index contributed by atoms with van der Waals surface area (Å²) in [6, 6.07) is 0. The van der Waals surface area contributed by atoms with Gasteiger partial charge in [-0.15, -0.1) is 0 Å². The predicted molar refractivity (Wildman–Crippen MR) is 162 cm³/mol. The Kier molecular flexibility index (Phi) is 27.3. The molecule has 39 heavy (non-hydrogen) atoms. The van der Waals surface area contributed by atoms with Gasteiger partial charge in [0.2, 0.25) is 5.91 Å². The fourth-order valence-corrected chi connectivity index (χ4v) is 4.46. The minimum Gasteiger partial charge on any atom is -0.480 e. The Morgan fingerprint density at radius 1 is 0.692 bits per heavy atom. The van der Waals surface area contributed by atoms with E-state index in [1.54, 1.807) is 0 Å². The third-order valence-electron chi connectivity index (χ3n) is 6.86. The first-order chi connectivity index (χ1) is 19.0. The molecule has 1 amide bonds. The van der Waals surface area contributed by atoms with Crippen LogP contribution in [-0.2, 0) is 19.1 Å². The molecule has 0 rings (SSSR count). The Morgan fingerprint density at radius 3 is 1.90 bits per heavy atom. The highest BCUT2D eigenvalue weighted by molar-refractivity contribution is 5.80. The highest BCUT2D eigenvalue weighted by Gasteiger charge is 2.11. The number of hydrogen-bond donors (Lipinski definition) is 2. The lowest BCUT2D eigenvalue weighted by molar-refractivity contribution is -0.147. The lowest BCUT2D eigenvalue weighted by atomic mass is 10.1. The van der Waals surface area contributed by atoms with Gasteiger partial charge in [0.25, 0.3) is 0 Å². The summed E-state index contributed by atoms with van der Waals surface area (Å²) in [5, 5.41) is 11.0. The first-order valence-corrected chi connectivity index (χ1v) is 16.0. The number of esters is 1. The number of nitrogens with one attached hydrogen (secondary N) is 1. The topological polar surface area (TPSA) is 92.7 Å². The fraction of sp³-hybridized carbons (Fsp3) is 0.788. The van der Waals surface area contributed by atoms with Crippen molar-refractivity contribution in [3.8, 4) is 0 Å². The minimum atomic E-state index is -1.03. The van der Waals surface area contributed by atoms with E-state index in [0.717, 1.165) is 57.8 Å². The molecule has 0 saturated carbocycles. The summed E-state index contributed by atoms with van der Waals surface area (Å²) in [6.45, 7) is 4.14. The van der Waals surface area contributed by atoms with Crippen LogP contribution in [0, 0.1) is 0 Å². The van der Waals surface area contributed by atoms with Gasteiger partial charge in [0, 0.05) is 12.8 Å². The number of ether oxygens (including phenoxy) is 1. The zero-order valence-electron chi connectivity index (χ0n) is 25.2. The predicted octanol–water partition coefficient (Wildman–Crippen LogP) is 8.83. The summed E-state index contributed by atoms with van der Waals surface area (Å²) in [6.07, 6.45) is 31.6. The van der Waals surface area contributed by atoms with Gasteiger partial charge in [-0.05, 0) is 51.0 Å². The smallest absolute Gasteiger partial charge is 0.322 e. The minimum absolute atomic E-state index is 0.103. The molecule has 0 heterocycles. The zero-order valence-corrected chi connectivity index (χ0v) is 25.2. The van der Waals surface area contributed by atoms with Crippen molar-refractivity contribution in [2.75, 3.05) is 6.54 Å². The number of amides is 1. The van der Waals surface area contributed by atoms with E-state index in [0.29, 0.717) is 12.8 Å². The van der Waals surface area contributed by atoms with Gasteiger partial charge in [-0.3, -0.25) is 14.4 Å². The van der Waals surface area contributed by atoms with Gasteiger partial charge >= 0.3 is 11.9 Å². The number of carboxylic acids is 1. The Hall–Kier alpha value is -2.11. The maximum Gasteiger partial charge on any atom is 0.322 e. The molecule has 226 valence electrons. The fourth-order valence-electron chi connectivity index (χ4n) is 4.46. The van der Waals surface area contributed by atoms with Crippen molar-refractivity contribution in [1.82, 2.24) is 5.32 Å². The van der Waals surface area contributed by atoms with Gasteiger partial charge in [0.1, 0.15) is 12.6 Å². The van der Waals surface area contributed by atoms with E-state index in [2.05, 4.69) is 37.4 Å². The average molecular weight is 550 g/mol. The molecule has 1 unspecified atom stereocenters. The molecule has 0 aliphatic heterocycles. The number of rotatable bonds is 28. The molecule has 0 spiro atoms. The molecule has 0 fully saturated rings. The summed E-state index contributed by atoms with van der Waals surface area (Å²) in [5.41, 5.74) is 0. The highest BCUT2D eigenvalue weighted by Crippen LogP contribution is 2.15. The largest absolute Gasteiger partial charge is 0.480 e. The second-order valence-electron chi connectivity index (χ2n) is 10.7. The number of carbonyl (C=O) groups is 3. The normalized spacial score (nSPS) is 12.3. The zero-order chi connectivity index (χ0) is 28.8. The molecule has 6 heteroatoms. The van der Waals surface area contributed by atoms with Crippen molar-refractivity contribution in [2.45, 2.75) is 161 Å². The SMILES string of the molecule is CCCCCC/C=C\C/C=C\C(CCCCCCC(=O)NCC(=O)O)OC(=O)CCCCCCCCCCC. The monoisotopic (exact) mass is 549 g/mol. The first-order valence-electron chi connectivity index (χ1n) is 16.0. The van der Waals surface area contributed by atoms with Crippen LogP contribution in [0.15, 0.2) is 24.3 Å². The molecule has 0 radical (unpaired) electrons. The molecule has 6 nitrogen and oxygen atoms in total. The number of aliphatic carboxylic acids is 1. The highest BCUT2D eigenvalue weighted by atomic mass is 16.5. The first kappa shape index (κ1) is 36.9. The molecule has 0 aliphatic rings. The molecule has 0 aromatic carbocycles.